The molecule has 1 fully saturated rings. The van der Waals surface area contributed by atoms with E-state index < -0.39 is 0 Å². The number of piperidine rings is 1. The summed E-state index contributed by atoms with van der Waals surface area (Å²) in [6.07, 6.45) is 2.03. The van der Waals surface area contributed by atoms with Crippen molar-refractivity contribution in [2.75, 3.05) is 13.1 Å². The molecule has 4 heteroatoms. The number of rotatable bonds is 5. The Morgan fingerprint density at radius 3 is 2.43 bits per heavy atom. The standard InChI is InChI=1S/C24H29N3O/c1-18(2)26-14-12-21(13-15-26)25-24(28)23-16-20-10-6-7-11-22(20)27(23)17-19-8-4-3-5-9-19/h3-11,16,18,21H,12-15,17H2,1-2H3,(H,25,28). The first-order valence-electron chi connectivity index (χ1n) is 10.3. The summed E-state index contributed by atoms with van der Waals surface area (Å²) in [5, 5.41) is 4.40. The van der Waals surface area contributed by atoms with E-state index in [0.717, 1.165) is 42.5 Å². The first kappa shape index (κ1) is 18.8. The Kier molecular flexibility index (Phi) is 5.49. The lowest BCUT2D eigenvalue weighted by atomic mass is 10.0. The van der Waals surface area contributed by atoms with E-state index in [1.165, 1.54) is 5.56 Å². The molecule has 2 aromatic carbocycles. The van der Waals surface area contributed by atoms with Crippen LogP contribution in [0.3, 0.4) is 0 Å². The predicted octanol–water partition coefficient (Wildman–Crippen LogP) is 4.29. The van der Waals surface area contributed by atoms with E-state index in [2.05, 4.69) is 52.9 Å². The highest BCUT2D eigenvalue weighted by Gasteiger charge is 2.24. The minimum atomic E-state index is 0.0372. The van der Waals surface area contributed by atoms with Crippen LogP contribution >= 0.6 is 0 Å². The number of nitrogens with zero attached hydrogens (tertiary/aromatic N) is 2. The number of para-hydroxylation sites is 1. The van der Waals surface area contributed by atoms with Crippen molar-refractivity contribution in [1.82, 2.24) is 14.8 Å². The van der Waals surface area contributed by atoms with Crippen molar-refractivity contribution >= 4 is 16.8 Å². The van der Waals surface area contributed by atoms with Crippen molar-refractivity contribution < 1.29 is 4.79 Å². The van der Waals surface area contributed by atoms with Crippen molar-refractivity contribution in [1.29, 1.82) is 0 Å². The maximum atomic E-state index is 13.2. The molecule has 1 amide bonds. The number of fused-ring (bicyclic) bond motifs is 1. The molecule has 4 rings (SSSR count). The highest BCUT2D eigenvalue weighted by Crippen LogP contribution is 2.22. The molecule has 4 nitrogen and oxygen atoms in total. The Morgan fingerprint density at radius 1 is 1.04 bits per heavy atom. The van der Waals surface area contributed by atoms with Gasteiger partial charge in [-0.2, -0.15) is 0 Å². The van der Waals surface area contributed by atoms with Crippen molar-refractivity contribution in [2.45, 2.75) is 45.3 Å². The van der Waals surface area contributed by atoms with E-state index in [1.54, 1.807) is 0 Å². The molecule has 1 aromatic heterocycles. The minimum Gasteiger partial charge on any atom is -0.348 e. The fourth-order valence-electron chi connectivity index (χ4n) is 4.15. The zero-order valence-electron chi connectivity index (χ0n) is 16.8. The summed E-state index contributed by atoms with van der Waals surface area (Å²) in [4.78, 5) is 15.6. The van der Waals surface area contributed by atoms with Gasteiger partial charge in [-0.3, -0.25) is 4.79 Å². The van der Waals surface area contributed by atoms with Crippen LogP contribution in [0.15, 0.2) is 60.7 Å². The average Bonchev–Trinajstić information content (AvgIpc) is 3.08. The zero-order chi connectivity index (χ0) is 19.5. The van der Waals surface area contributed by atoms with Crippen molar-refractivity contribution in [3.05, 3.63) is 71.9 Å². The Balaban J connectivity index is 1.56. The van der Waals surface area contributed by atoms with Gasteiger partial charge in [-0.25, -0.2) is 0 Å². The summed E-state index contributed by atoms with van der Waals surface area (Å²) in [7, 11) is 0. The van der Waals surface area contributed by atoms with Gasteiger partial charge in [0.15, 0.2) is 0 Å². The van der Waals surface area contributed by atoms with Gasteiger partial charge in [-0.1, -0.05) is 48.5 Å². The van der Waals surface area contributed by atoms with Crippen LogP contribution in [0.2, 0.25) is 0 Å². The summed E-state index contributed by atoms with van der Waals surface area (Å²) in [6, 6.07) is 21.4. The summed E-state index contributed by atoms with van der Waals surface area (Å²) >= 11 is 0. The van der Waals surface area contributed by atoms with Gasteiger partial charge in [0.25, 0.3) is 5.91 Å². The second-order valence-electron chi connectivity index (χ2n) is 8.04. The lowest BCUT2D eigenvalue weighted by molar-refractivity contribution is 0.0892. The predicted molar refractivity (Wildman–Crippen MR) is 115 cm³/mol. The fraction of sp³-hybridized carbons (Fsp3) is 0.375. The smallest absolute Gasteiger partial charge is 0.268 e. The summed E-state index contributed by atoms with van der Waals surface area (Å²) in [6.45, 7) is 7.27. The van der Waals surface area contributed by atoms with Crippen molar-refractivity contribution in [2.24, 2.45) is 0 Å². The van der Waals surface area contributed by atoms with E-state index in [4.69, 9.17) is 0 Å². The molecule has 0 aliphatic carbocycles. The monoisotopic (exact) mass is 375 g/mol. The maximum Gasteiger partial charge on any atom is 0.268 e. The molecule has 0 unspecified atom stereocenters. The number of likely N-dealkylation sites (tertiary alicyclic amines) is 1. The molecule has 0 spiro atoms. The third kappa shape index (κ3) is 3.97. The first-order valence-corrected chi connectivity index (χ1v) is 10.3. The molecule has 0 radical (unpaired) electrons. The van der Waals surface area contributed by atoms with Gasteiger partial charge in [-0.15, -0.1) is 0 Å². The molecule has 2 heterocycles. The number of carbonyl (C=O) groups is 1. The third-order valence-corrected chi connectivity index (χ3v) is 5.82. The van der Waals surface area contributed by atoms with Gasteiger partial charge >= 0.3 is 0 Å². The van der Waals surface area contributed by atoms with Gasteiger partial charge < -0.3 is 14.8 Å². The first-order chi connectivity index (χ1) is 13.6. The SMILES string of the molecule is CC(C)N1CCC(NC(=O)c2cc3ccccc3n2Cc2ccccc2)CC1. The molecule has 0 atom stereocenters. The summed E-state index contributed by atoms with van der Waals surface area (Å²) < 4.78 is 2.14. The normalized spacial score (nSPS) is 16.0. The Morgan fingerprint density at radius 2 is 1.71 bits per heavy atom. The molecular weight excluding hydrogens is 346 g/mol. The number of hydrogen-bond donors (Lipinski definition) is 1. The quantitative estimate of drug-likeness (QED) is 0.722. The molecule has 1 aliphatic rings. The van der Waals surface area contributed by atoms with E-state index in [9.17, 15) is 4.79 Å². The van der Waals surface area contributed by atoms with Crippen molar-refractivity contribution in [3.63, 3.8) is 0 Å². The van der Waals surface area contributed by atoms with Crippen LogP contribution in [0.5, 0.6) is 0 Å². The van der Waals surface area contributed by atoms with Gasteiger partial charge in [0.2, 0.25) is 0 Å². The second kappa shape index (κ2) is 8.19. The number of amides is 1. The van der Waals surface area contributed by atoms with Crippen molar-refractivity contribution in [3.8, 4) is 0 Å². The number of nitrogens with one attached hydrogen (secondary N) is 1. The largest absolute Gasteiger partial charge is 0.348 e. The van der Waals surface area contributed by atoms with Crippen LogP contribution in [0.25, 0.3) is 10.9 Å². The van der Waals surface area contributed by atoms with Gasteiger partial charge in [0, 0.05) is 42.6 Å². The summed E-state index contributed by atoms with van der Waals surface area (Å²) in [5.41, 5.74) is 3.05. The topological polar surface area (TPSA) is 37.3 Å². The average molecular weight is 376 g/mol. The second-order valence-corrected chi connectivity index (χ2v) is 8.04. The molecule has 1 N–H and O–H groups in total. The molecule has 1 saturated heterocycles. The highest BCUT2D eigenvalue weighted by atomic mass is 16.2. The van der Waals surface area contributed by atoms with E-state index >= 15 is 0 Å². The number of hydrogen-bond acceptors (Lipinski definition) is 2. The number of aromatic nitrogens is 1. The van der Waals surface area contributed by atoms with E-state index in [1.807, 2.05) is 36.4 Å². The lowest BCUT2D eigenvalue weighted by Crippen LogP contribution is -2.46. The number of carbonyl (C=O) groups excluding carboxylic acids is 1. The van der Waals surface area contributed by atoms with Crippen LogP contribution < -0.4 is 5.32 Å². The van der Waals surface area contributed by atoms with E-state index in [0.29, 0.717) is 12.6 Å². The Labute approximate surface area is 167 Å². The van der Waals surface area contributed by atoms with Gasteiger partial charge in [0.1, 0.15) is 5.69 Å². The minimum absolute atomic E-state index is 0.0372. The molecule has 0 bridgehead atoms. The van der Waals surface area contributed by atoms with Crippen LogP contribution in [-0.2, 0) is 6.54 Å². The molecule has 146 valence electrons. The fourth-order valence-corrected chi connectivity index (χ4v) is 4.15. The van der Waals surface area contributed by atoms with Gasteiger partial charge in [-0.05, 0) is 44.4 Å². The number of benzene rings is 2. The molecule has 3 aromatic rings. The zero-order valence-corrected chi connectivity index (χ0v) is 16.8. The Hall–Kier alpha value is -2.59. The summed E-state index contributed by atoms with van der Waals surface area (Å²) in [5.74, 6) is 0.0372. The maximum absolute atomic E-state index is 13.2. The van der Waals surface area contributed by atoms with E-state index in [-0.39, 0.29) is 11.9 Å². The van der Waals surface area contributed by atoms with Crippen LogP contribution in [-0.4, -0.2) is 40.5 Å². The molecule has 1 aliphatic heterocycles. The molecule has 28 heavy (non-hydrogen) atoms. The lowest BCUT2D eigenvalue weighted by Gasteiger charge is -2.34. The van der Waals surface area contributed by atoms with Crippen LogP contribution in [0.4, 0.5) is 0 Å². The molecule has 0 saturated carbocycles. The van der Waals surface area contributed by atoms with Crippen LogP contribution in [0.1, 0.15) is 42.7 Å². The molecular formula is C24H29N3O. The highest BCUT2D eigenvalue weighted by molar-refractivity contribution is 5.99. The third-order valence-electron chi connectivity index (χ3n) is 5.82. The Bertz CT molecular complexity index is 937. The van der Waals surface area contributed by atoms with Gasteiger partial charge in [0.05, 0.1) is 0 Å². The van der Waals surface area contributed by atoms with Crippen LogP contribution in [0, 0.1) is 0 Å².